The summed E-state index contributed by atoms with van der Waals surface area (Å²) in [6, 6.07) is 0. The molecule has 10 heavy (non-hydrogen) atoms. The average molecular weight is 141 g/mol. The van der Waals surface area contributed by atoms with E-state index >= 15 is 0 Å². The zero-order chi connectivity index (χ0) is 7.56. The van der Waals surface area contributed by atoms with Crippen LogP contribution in [0.5, 0.6) is 0 Å². The van der Waals surface area contributed by atoms with Gasteiger partial charge < -0.3 is 10.6 Å². The fourth-order valence-electron chi connectivity index (χ4n) is 1.40. The highest BCUT2D eigenvalue weighted by Gasteiger charge is 2.24. The quantitative estimate of drug-likeness (QED) is 0.620. The zero-order valence-corrected chi connectivity index (χ0v) is 6.93. The van der Waals surface area contributed by atoms with Crippen LogP contribution in [0.15, 0.2) is 0 Å². The first-order valence-electron chi connectivity index (χ1n) is 3.94. The maximum Gasteiger partial charge on any atom is 0.00385 e. The zero-order valence-electron chi connectivity index (χ0n) is 6.93. The fraction of sp³-hybridized carbons (Fsp3) is 0.875. The maximum atomic E-state index is 5.49. The average Bonchev–Trinajstić information content (AvgIpc) is 1.76. The third-order valence-electron chi connectivity index (χ3n) is 1.91. The van der Waals surface area contributed by atoms with Crippen LogP contribution >= 0.6 is 0 Å². The van der Waals surface area contributed by atoms with Crippen molar-refractivity contribution in [2.75, 3.05) is 26.2 Å². The second kappa shape index (κ2) is 3.35. The Morgan fingerprint density at radius 2 is 2.10 bits per heavy atom. The number of nitrogens with two attached hydrogens (primary N) is 1. The molecule has 0 unspecified atom stereocenters. The Bertz CT molecular complexity index is 95.4. The molecule has 1 radical (unpaired) electrons. The highest BCUT2D eigenvalue weighted by molar-refractivity contribution is 4.88. The Hall–Kier alpha value is -0.0800. The van der Waals surface area contributed by atoms with Gasteiger partial charge in [0.15, 0.2) is 0 Å². The number of nitrogens with zero attached hydrogens (tertiary/aromatic N) is 1. The van der Waals surface area contributed by atoms with Crippen LogP contribution in [0.25, 0.3) is 0 Å². The smallest absolute Gasteiger partial charge is 0.00385 e. The van der Waals surface area contributed by atoms with Gasteiger partial charge in [0.25, 0.3) is 0 Å². The molecular formula is C8H17N2. The van der Waals surface area contributed by atoms with Crippen LogP contribution in [0.2, 0.25) is 0 Å². The van der Waals surface area contributed by atoms with Gasteiger partial charge in [-0.1, -0.05) is 13.8 Å². The molecule has 0 aromatic rings. The summed E-state index contributed by atoms with van der Waals surface area (Å²) in [5.74, 6) is 2.27. The molecule has 59 valence electrons. The summed E-state index contributed by atoms with van der Waals surface area (Å²) in [5.41, 5.74) is 5.49. The van der Waals surface area contributed by atoms with Gasteiger partial charge in [0, 0.05) is 19.6 Å². The lowest BCUT2D eigenvalue weighted by molar-refractivity contribution is 0.112. The number of rotatable bonds is 3. The van der Waals surface area contributed by atoms with Crippen molar-refractivity contribution in [2.24, 2.45) is 11.7 Å². The maximum absolute atomic E-state index is 5.49. The van der Waals surface area contributed by atoms with Crippen molar-refractivity contribution in [3.05, 3.63) is 5.92 Å². The van der Waals surface area contributed by atoms with Crippen LogP contribution in [-0.2, 0) is 0 Å². The van der Waals surface area contributed by atoms with Crippen molar-refractivity contribution in [3.63, 3.8) is 0 Å². The second-order valence-electron chi connectivity index (χ2n) is 3.50. The summed E-state index contributed by atoms with van der Waals surface area (Å²) < 4.78 is 0. The number of hydrogen-bond donors (Lipinski definition) is 1. The van der Waals surface area contributed by atoms with Crippen molar-refractivity contribution in [2.45, 2.75) is 13.8 Å². The topological polar surface area (TPSA) is 29.3 Å². The summed E-state index contributed by atoms with van der Waals surface area (Å²) in [4.78, 5) is 2.44. The summed E-state index contributed by atoms with van der Waals surface area (Å²) >= 11 is 0. The molecule has 0 bridgehead atoms. The summed E-state index contributed by atoms with van der Waals surface area (Å²) in [7, 11) is 0. The lowest BCUT2D eigenvalue weighted by Gasteiger charge is -2.39. The minimum Gasteiger partial charge on any atom is -0.330 e. The third-order valence-corrected chi connectivity index (χ3v) is 1.91. The Kier molecular flexibility index (Phi) is 2.69. The van der Waals surface area contributed by atoms with Crippen LogP contribution in [-0.4, -0.2) is 31.1 Å². The van der Waals surface area contributed by atoms with E-state index in [9.17, 15) is 0 Å². The van der Waals surface area contributed by atoms with Gasteiger partial charge in [-0.05, 0) is 18.4 Å². The molecule has 0 aromatic carbocycles. The van der Waals surface area contributed by atoms with Crippen LogP contribution < -0.4 is 5.73 Å². The van der Waals surface area contributed by atoms with Gasteiger partial charge >= 0.3 is 0 Å². The Balaban J connectivity index is 2.03. The predicted octanol–water partition coefficient (Wildman–Crippen LogP) is 0.491. The molecule has 2 nitrogen and oxygen atoms in total. The van der Waals surface area contributed by atoms with E-state index in [0.717, 1.165) is 19.0 Å². The Morgan fingerprint density at radius 1 is 1.50 bits per heavy atom. The van der Waals surface area contributed by atoms with Crippen molar-refractivity contribution >= 4 is 0 Å². The summed E-state index contributed by atoms with van der Waals surface area (Å²) in [5, 5.41) is 0. The van der Waals surface area contributed by atoms with Crippen molar-refractivity contribution in [1.29, 1.82) is 0 Å². The number of likely N-dealkylation sites (tertiary alicyclic amines) is 1. The highest BCUT2D eigenvalue weighted by Crippen LogP contribution is 2.15. The van der Waals surface area contributed by atoms with Gasteiger partial charge in [0.2, 0.25) is 0 Å². The second-order valence-corrected chi connectivity index (χ2v) is 3.50. The first kappa shape index (κ1) is 8.02. The number of hydrogen-bond acceptors (Lipinski definition) is 2. The first-order chi connectivity index (χ1) is 4.72. The third kappa shape index (κ3) is 1.96. The van der Waals surface area contributed by atoms with Gasteiger partial charge in [-0.3, -0.25) is 0 Å². The lowest BCUT2D eigenvalue weighted by Crippen LogP contribution is -2.50. The van der Waals surface area contributed by atoms with Gasteiger partial charge in [-0.2, -0.15) is 0 Å². The molecular weight excluding hydrogens is 124 g/mol. The molecule has 1 aliphatic rings. The van der Waals surface area contributed by atoms with E-state index in [1.54, 1.807) is 0 Å². The monoisotopic (exact) mass is 141 g/mol. The van der Waals surface area contributed by atoms with Gasteiger partial charge in [0.05, 0.1) is 0 Å². The van der Waals surface area contributed by atoms with Crippen molar-refractivity contribution < 1.29 is 0 Å². The molecule has 1 rings (SSSR count). The normalized spacial score (nSPS) is 21.6. The molecule has 0 saturated carbocycles. The van der Waals surface area contributed by atoms with E-state index in [0.29, 0.717) is 0 Å². The van der Waals surface area contributed by atoms with E-state index < -0.39 is 0 Å². The van der Waals surface area contributed by atoms with Gasteiger partial charge in [-0.25, -0.2) is 0 Å². The van der Waals surface area contributed by atoms with E-state index in [4.69, 9.17) is 5.73 Å². The minimum absolute atomic E-state index is 0.777. The first-order valence-corrected chi connectivity index (χ1v) is 3.94. The Morgan fingerprint density at radius 3 is 2.50 bits per heavy atom. The summed E-state index contributed by atoms with van der Waals surface area (Å²) in [6.07, 6.45) is 0. The molecule has 2 N–H and O–H groups in total. The van der Waals surface area contributed by atoms with Crippen molar-refractivity contribution in [1.82, 2.24) is 4.90 Å². The molecule has 0 spiro atoms. The van der Waals surface area contributed by atoms with Crippen LogP contribution in [0.4, 0.5) is 0 Å². The largest absolute Gasteiger partial charge is 0.330 e. The van der Waals surface area contributed by atoms with Crippen molar-refractivity contribution in [3.8, 4) is 0 Å². The summed E-state index contributed by atoms with van der Waals surface area (Å²) in [6.45, 7) is 8.80. The molecule has 0 atom stereocenters. The molecule has 1 heterocycles. The predicted molar refractivity (Wildman–Crippen MR) is 43.6 cm³/mol. The van der Waals surface area contributed by atoms with Gasteiger partial charge in [-0.15, -0.1) is 0 Å². The van der Waals surface area contributed by atoms with E-state index in [-0.39, 0.29) is 0 Å². The molecule has 1 aliphatic heterocycles. The van der Waals surface area contributed by atoms with Crippen LogP contribution in [0, 0.1) is 11.8 Å². The van der Waals surface area contributed by atoms with Crippen LogP contribution in [0.3, 0.4) is 0 Å². The van der Waals surface area contributed by atoms with E-state index in [1.165, 1.54) is 19.0 Å². The van der Waals surface area contributed by atoms with Crippen LogP contribution in [0.1, 0.15) is 13.8 Å². The SMILES string of the molecule is C[C](C)CN1CC(CN)C1. The van der Waals surface area contributed by atoms with E-state index in [1.807, 2.05) is 0 Å². The molecule has 0 aromatic heterocycles. The van der Waals surface area contributed by atoms with E-state index in [2.05, 4.69) is 18.7 Å². The van der Waals surface area contributed by atoms with Gasteiger partial charge in [0.1, 0.15) is 0 Å². The molecule has 1 fully saturated rings. The molecule has 0 aliphatic carbocycles. The minimum atomic E-state index is 0.777. The highest BCUT2D eigenvalue weighted by atomic mass is 15.2. The fourth-order valence-corrected chi connectivity index (χ4v) is 1.40. The lowest BCUT2D eigenvalue weighted by atomic mass is 9.99. The standard InChI is InChI=1S/C8H17N2/c1-7(2)4-10-5-8(3-9)6-10/h8H,3-6,9H2,1-2H3. The molecule has 2 heteroatoms. The molecule has 1 saturated heterocycles. The Labute approximate surface area is 63.4 Å². The molecule has 0 amide bonds.